The highest BCUT2D eigenvalue weighted by molar-refractivity contribution is 5.09. The largest absolute Gasteiger partial charge is 0.329 e. The third-order valence-corrected chi connectivity index (χ3v) is 3.33. The first kappa shape index (κ1) is 9.22. The molecule has 0 unspecified atom stereocenters. The van der Waals surface area contributed by atoms with Crippen LogP contribution in [-0.2, 0) is 0 Å². The Balaban J connectivity index is 1.63. The number of nitrogens with one attached hydrogen (secondary N) is 1. The molecule has 0 aromatic rings. The van der Waals surface area contributed by atoms with Crippen molar-refractivity contribution in [1.82, 2.24) is 5.32 Å². The molecule has 2 aliphatic carbocycles. The van der Waals surface area contributed by atoms with Crippen LogP contribution in [0, 0.1) is 0 Å². The highest BCUT2D eigenvalue weighted by Crippen LogP contribution is 2.34. The van der Waals surface area contributed by atoms with Crippen LogP contribution in [0.4, 0.5) is 0 Å². The van der Waals surface area contributed by atoms with Gasteiger partial charge in [0.15, 0.2) is 0 Å². The number of allylic oxidation sites excluding steroid dienone is 1. The van der Waals surface area contributed by atoms with Crippen LogP contribution in [-0.4, -0.2) is 18.6 Å². The van der Waals surface area contributed by atoms with Gasteiger partial charge in [0.2, 0.25) is 0 Å². The van der Waals surface area contributed by atoms with Gasteiger partial charge in [-0.05, 0) is 45.1 Å². The van der Waals surface area contributed by atoms with E-state index in [-0.39, 0.29) is 0 Å². The van der Waals surface area contributed by atoms with Crippen LogP contribution in [0.25, 0.3) is 0 Å². The normalized spacial score (nSPS) is 24.5. The van der Waals surface area contributed by atoms with E-state index in [2.05, 4.69) is 11.4 Å². The second-order valence-corrected chi connectivity index (χ2v) is 4.42. The lowest BCUT2D eigenvalue weighted by Crippen LogP contribution is -2.38. The molecule has 2 rings (SSSR count). The number of hydrogen-bond acceptors (Lipinski definition) is 2. The summed E-state index contributed by atoms with van der Waals surface area (Å²) in [6.45, 7) is 1.94. The molecule has 2 nitrogen and oxygen atoms in total. The predicted octanol–water partition coefficient (Wildman–Crippen LogP) is 1.57. The molecule has 0 aromatic carbocycles. The zero-order valence-electron chi connectivity index (χ0n) is 8.31. The van der Waals surface area contributed by atoms with Gasteiger partial charge < -0.3 is 11.1 Å². The number of nitrogens with two attached hydrogens (primary N) is 1. The molecule has 0 atom stereocenters. The fraction of sp³-hybridized carbons (Fsp3) is 0.818. The molecule has 0 bridgehead atoms. The third kappa shape index (κ3) is 2.32. The van der Waals surface area contributed by atoms with E-state index in [0.717, 1.165) is 13.1 Å². The fourth-order valence-corrected chi connectivity index (χ4v) is 2.06. The monoisotopic (exact) mass is 180 g/mol. The van der Waals surface area contributed by atoms with Crippen molar-refractivity contribution >= 4 is 0 Å². The number of rotatable bonds is 5. The van der Waals surface area contributed by atoms with Gasteiger partial charge >= 0.3 is 0 Å². The van der Waals surface area contributed by atoms with E-state index in [9.17, 15) is 0 Å². The molecular formula is C11H20N2. The van der Waals surface area contributed by atoms with E-state index in [0.29, 0.717) is 5.54 Å². The van der Waals surface area contributed by atoms with Crippen LogP contribution in [0.3, 0.4) is 0 Å². The Bertz CT molecular complexity index is 204. The van der Waals surface area contributed by atoms with Crippen LogP contribution in [0.1, 0.15) is 38.5 Å². The van der Waals surface area contributed by atoms with Crippen LogP contribution in [0.15, 0.2) is 11.6 Å². The van der Waals surface area contributed by atoms with Gasteiger partial charge in [-0.3, -0.25) is 0 Å². The van der Waals surface area contributed by atoms with Crippen molar-refractivity contribution in [2.75, 3.05) is 13.1 Å². The summed E-state index contributed by atoms with van der Waals surface area (Å²) in [4.78, 5) is 0. The molecule has 74 valence electrons. The van der Waals surface area contributed by atoms with Crippen molar-refractivity contribution in [2.45, 2.75) is 44.1 Å². The Labute approximate surface area is 80.6 Å². The summed E-state index contributed by atoms with van der Waals surface area (Å²) in [7, 11) is 0. The van der Waals surface area contributed by atoms with Gasteiger partial charge in [-0.2, -0.15) is 0 Å². The summed E-state index contributed by atoms with van der Waals surface area (Å²) in [5.41, 5.74) is 7.69. The first-order chi connectivity index (χ1) is 6.35. The van der Waals surface area contributed by atoms with Crippen molar-refractivity contribution in [1.29, 1.82) is 0 Å². The van der Waals surface area contributed by atoms with Gasteiger partial charge in [0.05, 0.1) is 0 Å². The van der Waals surface area contributed by atoms with Crippen molar-refractivity contribution in [3.63, 3.8) is 0 Å². The lowest BCUT2D eigenvalue weighted by atomic mass is 10.1. The topological polar surface area (TPSA) is 38.0 Å². The fourth-order valence-electron chi connectivity index (χ4n) is 2.06. The van der Waals surface area contributed by atoms with Gasteiger partial charge in [-0.15, -0.1) is 0 Å². The maximum absolute atomic E-state index is 5.69. The first-order valence-corrected chi connectivity index (χ1v) is 5.48. The van der Waals surface area contributed by atoms with Crippen molar-refractivity contribution in [2.24, 2.45) is 5.73 Å². The van der Waals surface area contributed by atoms with Gasteiger partial charge in [-0.1, -0.05) is 11.6 Å². The van der Waals surface area contributed by atoms with Gasteiger partial charge in [0.25, 0.3) is 0 Å². The Kier molecular flexibility index (Phi) is 2.70. The van der Waals surface area contributed by atoms with Gasteiger partial charge in [-0.25, -0.2) is 0 Å². The minimum Gasteiger partial charge on any atom is -0.329 e. The first-order valence-electron chi connectivity index (χ1n) is 5.48. The van der Waals surface area contributed by atoms with Crippen LogP contribution in [0.5, 0.6) is 0 Å². The van der Waals surface area contributed by atoms with Gasteiger partial charge in [0.1, 0.15) is 0 Å². The SMILES string of the molecule is NCC1(NCCC2=CCCC2)CC1. The zero-order chi connectivity index (χ0) is 9.15. The average Bonchev–Trinajstić information content (AvgIpc) is 2.74. The smallest absolute Gasteiger partial charge is 0.0305 e. The van der Waals surface area contributed by atoms with E-state index < -0.39 is 0 Å². The molecule has 0 heterocycles. The third-order valence-electron chi connectivity index (χ3n) is 3.33. The minimum atomic E-state index is 0.346. The molecule has 1 saturated carbocycles. The quantitative estimate of drug-likeness (QED) is 0.630. The maximum atomic E-state index is 5.69. The highest BCUT2D eigenvalue weighted by Gasteiger charge is 2.40. The lowest BCUT2D eigenvalue weighted by Gasteiger charge is -2.14. The van der Waals surface area contributed by atoms with Crippen LogP contribution >= 0.6 is 0 Å². The summed E-state index contributed by atoms with van der Waals surface area (Å²) in [5, 5.41) is 3.58. The maximum Gasteiger partial charge on any atom is 0.0305 e. The van der Waals surface area contributed by atoms with E-state index >= 15 is 0 Å². The molecule has 0 saturated heterocycles. The second-order valence-electron chi connectivity index (χ2n) is 4.42. The lowest BCUT2D eigenvalue weighted by molar-refractivity contribution is 0.507. The Morgan fingerprint density at radius 1 is 1.46 bits per heavy atom. The molecule has 0 aromatic heterocycles. The summed E-state index contributed by atoms with van der Waals surface area (Å²) >= 11 is 0. The van der Waals surface area contributed by atoms with E-state index in [1.54, 1.807) is 5.57 Å². The molecule has 2 heteroatoms. The average molecular weight is 180 g/mol. The molecule has 1 fully saturated rings. The Morgan fingerprint density at radius 3 is 2.85 bits per heavy atom. The van der Waals surface area contributed by atoms with Crippen molar-refractivity contribution < 1.29 is 0 Å². The van der Waals surface area contributed by atoms with E-state index in [1.807, 2.05) is 0 Å². The van der Waals surface area contributed by atoms with Crippen LogP contribution < -0.4 is 11.1 Å². The molecule has 0 radical (unpaired) electrons. The van der Waals surface area contributed by atoms with Crippen molar-refractivity contribution in [3.05, 3.63) is 11.6 Å². The zero-order valence-corrected chi connectivity index (χ0v) is 8.31. The second kappa shape index (κ2) is 3.81. The van der Waals surface area contributed by atoms with Crippen LogP contribution in [0.2, 0.25) is 0 Å². The van der Waals surface area contributed by atoms with Gasteiger partial charge in [0, 0.05) is 12.1 Å². The summed E-state index contributed by atoms with van der Waals surface area (Å²) in [6, 6.07) is 0. The molecule has 13 heavy (non-hydrogen) atoms. The molecule has 0 aliphatic heterocycles. The van der Waals surface area contributed by atoms with Crippen molar-refractivity contribution in [3.8, 4) is 0 Å². The molecule has 0 spiro atoms. The molecule has 0 amide bonds. The summed E-state index contributed by atoms with van der Waals surface area (Å²) in [5.74, 6) is 0. The Morgan fingerprint density at radius 2 is 2.31 bits per heavy atom. The number of hydrogen-bond donors (Lipinski definition) is 2. The standard InChI is InChI=1S/C11H20N2/c12-9-11(6-7-11)13-8-5-10-3-1-2-4-10/h3,13H,1-2,4-9,12H2. The Hall–Kier alpha value is -0.340. The highest BCUT2D eigenvalue weighted by atomic mass is 15.0. The molecule has 2 aliphatic rings. The van der Waals surface area contributed by atoms with E-state index in [1.165, 1.54) is 38.5 Å². The minimum absolute atomic E-state index is 0.346. The summed E-state index contributed by atoms with van der Waals surface area (Å²) < 4.78 is 0. The van der Waals surface area contributed by atoms with E-state index in [4.69, 9.17) is 5.73 Å². The molecular weight excluding hydrogens is 160 g/mol. The summed E-state index contributed by atoms with van der Waals surface area (Å²) in [6.07, 6.45) is 10.2. The predicted molar refractivity (Wildman–Crippen MR) is 55.6 cm³/mol. The molecule has 3 N–H and O–H groups in total.